The first-order chi connectivity index (χ1) is 9.11. The first kappa shape index (κ1) is 14.2. The Hall–Kier alpha value is -1.20. The number of carbonyl (C=O) groups excluding carboxylic acids is 2. The van der Waals surface area contributed by atoms with Crippen molar-refractivity contribution in [1.82, 2.24) is 4.90 Å². The summed E-state index contributed by atoms with van der Waals surface area (Å²) in [4.78, 5) is 24.7. The molecule has 1 aromatic rings. The van der Waals surface area contributed by atoms with Crippen molar-refractivity contribution in [1.29, 1.82) is 0 Å². The Labute approximate surface area is 121 Å². The van der Waals surface area contributed by atoms with Gasteiger partial charge in [0.05, 0.1) is 19.3 Å². The number of esters is 1. The van der Waals surface area contributed by atoms with E-state index in [-0.39, 0.29) is 23.7 Å². The molecule has 6 heteroatoms. The summed E-state index contributed by atoms with van der Waals surface area (Å²) in [6, 6.07) is 7.45. The average molecular weight is 300 g/mol. The van der Waals surface area contributed by atoms with Crippen molar-refractivity contribution in [3.8, 4) is 0 Å². The number of thioether (sulfide) groups is 1. The summed E-state index contributed by atoms with van der Waals surface area (Å²) in [7, 11) is 1.34. The van der Waals surface area contributed by atoms with Crippen LogP contribution < -0.4 is 0 Å². The van der Waals surface area contributed by atoms with Crippen molar-refractivity contribution in [3.05, 3.63) is 34.9 Å². The number of nitrogens with zero attached hydrogens (tertiary/aromatic N) is 1. The number of halogens is 1. The van der Waals surface area contributed by atoms with E-state index in [0.717, 1.165) is 5.56 Å². The Balaban J connectivity index is 2.11. The number of carbonyl (C=O) groups is 2. The minimum absolute atomic E-state index is 0.0406. The van der Waals surface area contributed by atoms with E-state index in [1.807, 2.05) is 18.2 Å². The van der Waals surface area contributed by atoms with Crippen LogP contribution in [0.15, 0.2) is 24.3 Å². The van der Waals surface area contributed by atoms with Crippen LogP contribution in [0.3, 0.4) is 0 Å². The Morgan fingerprint density at radius 1 is 1.58 bits per heavy atom. The summed E-state index contributed by atoms with van der Waals surface area (Å²) in [5.41, 5.74) is 0.980. The third-order valence-corrected chi connectivity index (χ3v) is 4.38. The lowest BCUT2D eigenvalue weighted by Crippen LogP contribution is -2.30. The number of hydrogen-bond donors (Lipinski definition) is 0. The lowest BCUT2D eigenvalue weighted by molar-refractivity contribution is -0.141. The highest BCUT2D eigenvalue weighted by Crippen LogP contribution is 2.39. The van der Waals surface area contributed by atoms with Crippen molar-refractivity contribution in [2.45, 2.75) is 11.8 Å². The van der Waals surface area contributed by atoms with Crippen LogP contribution in [-0.2, 0) is 14.3 Å². The molecule has 2 rings (SSSR count). The molecule has 0 saturated carbocycles. The van der Waals surface area contributed by atoms with Crippen LogP contribution in [0.25, 0.3) is 0 Å². The molecule has 1 saturated heterocycles. The summed E-state index contributed by atoms with van der Waals surface area (Å²) in [5.74, 6) is 0.159. The largest absolute Gasteiger partial charge is 0.469 e. The van der Waals surface area contributed by atoms with Crippen LogP contribution in [0.5, 0.6) is 0 Å². The fourth-order valence-electron chi connectivity index (χ4n) is 1.95. The molecule has 1 fully saturated rings. The zero-order chi connectivity index (χ0) is 13.8. The van der Waals surface area contributed by atoms with Gasteiger partial charge >= 0.3 is 5.97 Å². The molecule has 1 aliphatic heterocycles. The fraction of sp³-hybridized carbons (Fsp3) is 0.385. The van der Waals surface area contributed by atoms with Crippen molar-refractivity contribution in [2.24, 2.45) is 0 Å². The van der Waals surface area contributed by atoms with Gasteiger partial charge in [-0.05, 0) is 17.7 Å². The first-order valence-corrected chi connectivity index (χ1v) is 7.28. The fourth-order valence-corrected chi connectivity index (χ4v) is 3.35. The molecule has 0 radical (unpaired) electrons. The maximum atomic E-state index is 11.9. The molecule has 1 heterocycles. The molecule has 0 N–H and O–H groups in total. The smallest absolute Gasteiger partial charge is 0.307 e. The number of hydrogen-bond acceptors (Lipinski definition) is 4. The van der Waals surface area contributed by atoms with Crippen LogP contribution in [0.1, 0.15) is 17.4 Å². The standard InChI is InChI=1S/C13H14ClNO3S/c1-18-12(17)5-6-15-11(16)8-19-13(15)9-3-2-4-10(14)7-9/h2-4,7,13H,5-6,8H2,1H3. The molecule has 1 aliphatic rings. The highest BCUT2D eigenvalue weighted by molar-refractivity contribution is 8.00. The topological polar surface area (TPSA) is 46.6 Å². The molecule has 0 bridgehead atoms. The SMILES string of the molecule is COC(=O)CCN1C(=O)CSC1c1cccc(Cl)c1. The molecular formula is C13H14ClNO3S. The van der Waals surface area contributed by atoms with Crippen LogP contribution in [-0.4, -0.2) is 36.2 Å². The van der Waals surface area contributed by atoms with Crippen LogP contribution in [0, 0.1) is 0 Å². The molecule has 19 heavy (non-hydrogen) atoms. The highest BCUT2D eigenvalue weighted by Gasteiger charge is 2.32. The molecule has 1 aromatic carbocycles. The van der Waals surface area contributed by atoms with E-state index in [0.29, 0.717) is 17.3 Å². The van der Waals surface area contributed by atoms with Gasteiger partial charge in [-0.3, -0.25) is 9.59 Å². The zero-order valence-corrected chi connectivity index (χ0v) is 12.0. The number of rotatable bonds is 4. The Morgan fingerprint density at radius 2 is 2.37 bits per heavy atom. The van der Waals surface area contributed by atoms with Gasteiger partial charge in [-0.2, -0.15) is 0 Å². The Kier molecular flexibility index (Phi) is 4.71. The molecule has 102 valence electrons. The number of ether oxygens (including phenoxy) is 1. The quantitative estimate of drug-likeness (QED) is 0.801. The third kappa shape index (κ3) is 3.42. The van der Waals surface area contributed by atoms with Crippen molar-refractivity contribution in [2.75, 3.05) is 19.4 Å². The van der Waals surface area contributed by atoms with Crippen LogP contribution >= 0.6 is 23.4 Å². The van der Waals surface area contributed by atoms with Crippen molar-refractivity contribution in [3.63, 3.8) is 0 Å². The Morgan fingerprint density at radius 3 is 3.05 bits per heavy atom. The predicted octanol–water partition coefficient (Wildman–Crippen LogP) is 2.48. The van der Waals surface area contributed by atoms with E-state index in [9.17, 15) is 9.59 Å². The van der Waals surface area contributed by atoms with E-state index in [1.165, 1.54) is 7.11 Å². The lowest BCUT2D eigenvalue weighted by Gasteiger charge is -2.23. The van der Waals surface area contributed by atoms with Gasteiger partial charge in [0.15, 0.2) is 0 Å². The second-order valence-corrected chi connectivity index (χ2v) is 5.64. The van der Waals surface area contributed by atoms with Gasteiger partial charge < -0.3 is 9.64 Å². The van der Waals surface area contributed by atoms with Gasteiger partial charge in [-0.1, -0.05) is 23.7 Å². The zero-order valence-electron chi connectivity index (χ0n) is 10.5. The van der Waals surface area contributed by atoms with Gasteiger partial charge in [0.1, 0.15) is 5.37 Å². The van der Waals surface area contributed by atoms with E-state index in [2.05, 4.69) is 4.74 Å². The number of methoxy groups -OCH3 is 1. The molecule has 0 aliphatic carbocycles. The monoisotopic (exact) mass is 299 g/mol. The third-order valence-electron chi connectivity index (χ3n) is 2.89. The van der Waals surface area contributed by atoms with E-state index in [1.54, 1.807) is 22.7 Å². The Bertz CT molecular complexity index is 495. The second-order valence-electron chi connectivity index (χ2n) is 4.13. The minimum atomic E-state index is -0.311. The van der Waals surface area contributed by atoms with E-state index >= 15 is 0 Å². The maximum absolute atomic E-state index is 11.9. The van der Waals surface area contributed by atoms with Gasteiger partial charge in [0.2, 0.25) is 5.91 Å². The lowest BCUT2D eigenvalue weighted by atomic mass is 10.2. The normalized spacial score (nSPS) is 18.7. The molecule has 0 aromatic heterocycles. The second kappa shape index (κ2) is 6.30. The van der Waals surface area contributed by atoms with Gasteiger partial charge in [-0.25, -0.2) is 0 Å². The molecule has 4 nitrogen and oxygen atoms in total. The molecule has 0 spiro atoms. The molecule has 1 atom stereocenters. The van der Waals surface area contributed by atoms with Gasteiger partial charge in [0, 0.05) is 11.6 Å². The minimum Gasteiger partial charge on any atom is -0.469 e. The summed E-state index contributed by atoms with van der Waals surface area (Å²) >= 11 is 7.52. The summed E-state index contributed by atoms with van der Waals surface area (Å²) in [5, 5.41) is 0.571. The maximum Gasteiger partial charge on any atom is 0.307 e. The average Bonchev–Trinajstić information content (AvgIpc) is 2.77. The van der Waals surface area contributed by atoms with Crippen molar-refractivity contribution >= 4 is 35.2 Å². The highest BCUT2D eigenvalue weighted by atomic mass is 35.5. The first-order valence-electron chi connectivity index (χ1n) is 5.85. The summed E-state index contributed by atoms with van der Waals surface area (Å²) in [6.07, 6.45) is 0.208. The molecule has 1 unspecified atom stereocenters. The summed E-state index contributed by atoms with van der Waals surface area (Å²) < 4.78 is 4.60. The van der Waals surface area contributed by atoms with Crippen LogP contribution in [0.2, 0.25) is 5.02 Å². The number of benzene rings is 1. The van der Waals surface area contributed by atoms with Crippen LogP contribution in [0.4, 0.5) is 0 Å². The van der Waals surface area contributed by atoms with E-state index in [4.69, 9.17) is 11.6 Å². The predicted molar refractivity (Wildman–Crippen MR) is 75.0 cm³/mol. The molecular weight excluding hydrogens is 286 g/mol. The van der Waals surface area contributed by atoms with Gasteiger partial charge in [0.25, 0.3) is 0 Å². The number of amides is 1. The summed E-state index contributed by atoms with van der Waals surface area (Å²) in [6.45, 7) is 0.371. The van der Waals surface area contributed by atoms with E-state index < -0.39 is 0 Å². The molecule has 1 amide bonds. The van der Waals surface area contributed by atoms with Gasteiger partial charge in [-0.15, -0.1) is 11.8 Å². The van der Waals surface area contributed by atoms with Crippen molar-refractivity contribution < 1.29 is 14.3 Å².